The van der Waals surface area contributed by atoms with Crippen molar-refractivity contribution in [3.63, 3.8) is 0 Å². The van der Waals surface area contributed by atoms with Crippen LogP contribution in [0, 0.1) is 6.92 Å². The van der Waals surface area contributed by atoms with E-state index in [4.69, 9.17) is 0 Å². The Morgan fingerprint density at radius 1 is 1.35 bits per heavy atom. The van der Waals surface area contributed by atoms with Crippen LogP contribution in [0.3, 0.4) is 0 Å². The molecule has 1 aromatic carbocycles. The van der Waals surface area contributed by atoms with E-state index in [2.05, 4.69) is 25.5 Å². The SMILES string of the molecule is Cc1cc(=O)[nH]c(NN=Cc2c[nH]c3ccccc23)n1. The van der Waals surface area contributed by atoms with Crippen LogP contribution >= 0.6 is 0 Å². The zero-order chi connectivity index (χ0) is 13.9. The number of hydrogen-bond donors (Lipinski definition) is 3. The number of rotatable bonds is 3. The number of anilines is 1. The minimum absolute atomic E-state index is 0.206. The molecule has 100 valence electrons. The molecular weight excluding hydrogens is 254 g/mol. The van der Waals surface area contributed by atoms with E-state index >= 15 is 0 Å². The predicted molar refractivity (Wildman–Crippen MR) is 79.1 cm³/mol. The molecule has 20 heavy (non-hydrogen) atoms. The summed E-state index contributed by atoms with van der Waals surface area (Å²) >= 11 is 0. The molecule has 3 aromatic rings. The standard InChI is InChI=1S/C14H13N5O/c1-9-6-13(20)18-14(17-9)19-16-8-10-7-15-12-5-3-2-4-11(10)12/h2-8,15H,1H3,(H2,17,18,19,20). The van der Waals surface area contributed by atoms with Gasteiger partial charge in [-0.2, -0.15) is 5.10 Å². The maximum absolute atomic E-state index is 11.3. The Morgan fingerprint density at radius 2 is 2.20 bits per heavy atom. The number of benzene rings is 1. The highest BCUT2D eigenvalue weighted by Crippen LogP contribution is 2.15. The Labute approximate surface area is 114 Å². The van der Waals surface area contributed by atoms with Crippen molar-refractivity contribution in [1.82, 2.24) is 15.0 Å². The number of para-hydroxylation sites is 1. The van der Waals surface area contributed by atoms with Crippen LogP contribution in [0.5, 0.6) is 0 Å². The van der Waals surface area contributed by atoms with Crippen molar-refractivity contribution >= 4 is 23.1 Å². The lowest BCUT2D eigenvalue weighted by atomic mass is 10.2. The van der Waals surface area contributed by atoms with Gasteiger partial charge in [0, 0.05) is 34.4 Å². The van der Waals surface area contributed by atoms with Crippen LogP contribution in [0.4, 0.5) is 5.95 Å². The largest absolute Gasteiger partial charge is 0.361 e. The third-order valence-electron chi connectivity index (χ3n) is 2.87. The summed E-state index contributed by atoms with van der Waals surface area (Å²) in [7, 11) is 0. The fourth-order valence-electron chi connectivity index (χ4n) is 2.00. The maximum atomic E-state index is 11.3. The molecule has 0 aliphatic rings. The maximum Gasteiger partial charge on any atom is 0.252 e. The van der Waals surface area contributed by atoms with E-state index in [1.54, 1.807) is 13.1 Å². The average Bonchev–Trinajstić information content (AvgIpc) is 2.81. The second kappa shape index (κ2) is 5.00. The molecule has 0 saturated carbocycles. The Hall–Kier alpha value is -2.89. The number of H-pyrrole nitrogens is 2. The molecule has 2 aromatic heterocycles. The van der Waals surface area contributed by atoms with Gasteiger partial charge in [-0.05, 0) is 13.0 Å². The van der Waals surface area contributed by atoms with Gasteiger partial charge in [0.25, 0.3) is 5.56 Å². The van der Waals surface area contributed by atoms with Crippen molar-refractivity contribution in [1.29, 1.82) is 0 Å². The van der Waals surface area contributed by atoms with Gasteiger partial charge in [0.1, 0.15) is 0 Å². The average molecular weight is 267 g/mol. The minimum atomic E-state index is -0.206. The molecular formula is C14H13N5O. The van der Waals surface area contributed by atoms with E-state index in [0.717, 1.165) is 16.5 Å². The third kappa shape index (κ3) is 2.44. The van der Waals surface area contributed by atoms with Crippen LogP contribution in [-0.2, 0) is 0 Å². The van der Waals surface area contributed by atoms with Crippen LogP contribution in [0.2, 0.25) is 0 Å². The van der Waals surface area contributed by atoms with Gasteiger partial charge in [0.05, 0.1) is 6.21 Å². The molecule has 0 spiro atoms. The molecule has 6 heteroatoms. The summed E-state index contributed by atoms with van der Waals surface area (Å²) in [6.07, 6.45) is 3.56. The van der Waals surface area contributed by atoms with Gasteiger partial charge in [0.15, 0.2) is 0 Å². The Bertz CT molecular complexity index is 831. The first-order chi connectivity index (χ1) is 9.72. The molecule has 0 radical (unpaired) electrons. The lowest BCUT2D eigenvalue weighted by molar-refractivity contribution is 1.04. The van der Waals surface area contributed by atoms with Crippen molar-refractivity contribution in [2.75, 3.05) is 5.43 Å². The van der Waals surface area contributed by atoms with E-state index in [9.17, 15) is 4.79 Å². The summed E-state index contributed by atoms with van der Waals surface area (Å²) in [4.78, 5) is 21.1. The number of nitrogens with zero attached hydrogens (tertiary/aromatic N) is 2. The van der Waals surface area contributed by atoms with Gasteiger partial charge < -0.3 is 4.98 Å². The third-order valence-corrected chi connectivity index (χ3v) is 2.87. The van der Waals surface area contributed by atoms with Gasteiger partial charge in [-0.25, -0.2) is 10.4 Å². The van der Waals surface area contributed by atoms with Crippen molar-refractivity contribution in [3.8, 4) is 0 Å². The molecule has 0 aliphatic heterocycles. The van der Waals surface area contributed by atoms with Crippen molar-refractivity contribution < 1.29 is 0 Å². The number of aromatic nitrogens is 3. The first-order valence-corrected chi connectivity index (χ1v) is 6.15. The fourth-order valence-corrected chi connectivity index (χ4v) is 2.00. The molecule has 3 N–H and O–H groups in total. The smallest absolute Gasteiger partial charge is 0.252 e. The molecule has 0 fully saturated rings. The van der Waals surface area contributed by atoms with Gasteiger partial charge in [0.2, 0.25) is 5.95 Å². The van der Waals surface area contributed by atoms with Gasteiger partial charge in [-0.15, -0.1) is 0 Å². The second-order valence-corrected chi connectivity index (χ2v) is 4.39. The lowest BCUT2D eigenvalue weighted by Gasteiger charge is -1.99. The number of aromatic amines is 2. The highest BCUT2D eigenvalue weighted by Gasteiger charge is 2.00. The highest BCUT2D eigenvalue weighted by atomic mass is 16.1. The molecule has 0 aliphatic carbocycles. The monoisotopic (exact) mass is 267 g/mol. The first-order valence-electron chi connectivity index (χ1n) is 6.15. The highest BCUT2D eigenvalue weighted by molar-refractivity contribution is 5.99. The number of fused-ring (bicyclic) bond motifs is 1. The van der Waals surface area contributed by atoms with Crippen molar-refractivity contribution in [2.24, 2.45) is 5.10 Å². The summed E-state index contributed by atoms with van der Waals surface area (Å²) in [6, 6.07) is 9.38. The Kier molecular flexibility index (Phi) is 3.04. The summed E-state index contributed by atoms with van der Waals surface area (Å²) in [6.45, 7) is 1.75. The molecule has 0 unspecified atom stereocenters. The summed E-state index contributed by atoms with van der Waals surface area (Å²) in [5.74, 6) is 0.325. The van der Waals surface area contributed by atoms with E-state index in [1.807, 2.05) is 30.5 Å². The predicted octanol–water partition coefficient (Wildman–Crippen LogP) is 2.01. The summed E-state index contributed by atoms with van der Waals surface area (Å²) in [5, 5.41) is 5.18. The van der Waals surface area contributed by atoms with Gasteiger partial charge >= 0.3 is 0 Å². The second-order valence-electron chi connectivity index (χ2n) is 4.39. The zero-order valence-corrected chi connectivity index (χ0v) is 10.8. The van der Waals surface area contributed by atoms with Gasteiger partial charge in [-0.1, -0.05) is 18.2 Å². The summed E-state index contributed by atoms with van der Waals surface area (Å²) in [5.41, 5.74) is 5.16. The molecule has 6 nitrogen and oxygen atoms in total. The zero-order valence-electron chi connectivity index (χ0n) is 10.8. The Balaban J connectivity index is 1.82. The van der Waals surface area contributed by atoms with Crippen molar-refractivity contribution in [3.05, 3.63) is 58.1 Å². The van der Waals surface area contributed by atoms with Crippen LogP contribution in [-0.4, -0.2) is 21.2 Å². The minimum Gasteiger partial charge on any atom is -0.361 e. The van der Waals surface area contributed by atoms with Gasteiger partial charge in [-0.3, -0.25) is 9.78 Å². The first kappa shape index (κ1) is 12.2. The van der Waals surface area contributed by atoms with Crippen LogP contribution in [0.25, 0.3) is 10.9 Å². The number of hydrazone groups is 1. The molecule has 2 heterocycles. The van der Waals surface area contributed by atoms with E-state index in [0.29, 0.717) is 11.6 Å². The topological polar surface area (TPSA) is 85.9 Å². The van der Waals surface area contributed by atoms with Crippen LogP contribution in [0.15, 0.2) is 46.4 Å². The summed E-state index contributed by atoms with van der Waals surface area (Å²) < 4.78 is 0. The molecule has 0 saturated heterocycles. The number of aryl methyl sites for hydroxylation is 1. The van der Waals surface area contributed by atoms with E-state index in [1.165, 1.54) is 6.07 Å². The van der Waals surface area contributed by atoms with E-state index in [-0.39, 0.29) is 5.56 Å². The number of nitrogens with one attached hydrogen (secondary N) is 3. The number of hydrogen-bond acceptors (Lipinski definition) is 4. The molecule has 0 atom stereocenters. The van der Waals surface area contributed by atoms with E-state index < -0.39 is 0 Å². The van der Waals surface area contributed by atoms with Crippen LogP contribution < -0.4 is 11.0 Å². The molecule has 0 amide bonds. The molecule has 3 rings (SSSR count). The molecule has 0 bridgehead atoms. The fraction of sp³-hybridized carbons (Fsp3) is 0.0714. The van der Waals surface area contributed by atoms with Crippen molar-refractivity contribution in [2.45, 2.75) is 6.92 Å². The lowest BCUT2D eigenvalue weighted by Crippen LogP contribution is -2.10. The Morgan fingerprint density at radius 3 is 3.05 bits per heavy atom. The normalized spacial score (nSPS) is 11.2. The van der Waals surface area contributed by atoms with Crippen LogP contribution in [0.1, 0.15) is 11.3 Å². The quantitative estimate of drug-likeness (QED) is 0.501.